The highest BCUT2D eigenvalue weighted by Crippen LogP contribution is 2.26. The van der Waals surface area contributed by atoms with Crippen molar-refractivity contribution in [2.45, 2.75) is 28.3 Å². The number of benzene rings is 2. The maximum Gasteiger partial charge on any atom is 0.323 e. The Morgan fingerprint density at radius 3 is 2.23 bits per heavy atom. The molecule has 0 radical (unpaired) electrons. The van der Waals surface area contributed by atoms with Gasteiger partial charge in [-0.2, -0.15) is 4.31 Å². The molecule has 31 heavy (non-hydrogen) atoms. The lowest BCUT2D eigenvalue weighted by Gasteiger charge is -2.31. The Bertz CT molecular complexity index is 1160. The van der Waals surface area contributed by atoms with E-state index in [4.69, 9.17) is 4.74 Å². The summed E-state index contributed by atoms with van der Waals surface area (Å²) in [5, 5.41) is 9.88. The standard InChI is InChI=1S/C20H22N2O7S2/c1-29-15-10-12-17(13-11-15)31(27,28)22-14-6-5-9-18(19(22)20(23)24)21-30(25,26)16-7-3-2-4-8-16/h2-8,10-13,18-19,21H,9,14H2,1H3,(H,23,24). The van der Waals surface area contributed by atoms with Crippen LogP contribution >= 0.6 is 0 Å². The predicted octanol–water partition coefficient (Wildman–Crippen LogP) is 1.45. The third-order valence-electron chi connectivity index (χ3n) is 4.81. The quantitative estimate of drug-likeness (QED) is 0.591. The van der Waals surface area contributed by atoms with Crippen LogP contribution in [-0.2, 0) is 24.8 Å². The molecule has 166 valence electrons. The maximum absolute atomic E-state index is 13.2. The molecule has 0 fully saturated rings. The SMILES string of the molecule is COc1ccc(S(=O)(=O)N2CC=CCC(NS(=O)(=O)c3ccccc3)C2C(=O)O)cc1. The molecule has 0 aromatic heterocycles. The number of carboxylic acids is 1. The molecule has 2 N–H and O–H groups in total. The van der Waals surface area contributed by atoms with Crippen LogP contribution in [0.4, 0.5) is 0 Å². The first kappa shape index (κ1) is 22.9. The zero-order chi connectivity index (χ0) is 22.6. The van der Waals surface area contributed by atoms with Crippen molar-refractivity contribution >= 4 is 26.0 Å². The fraction of sp³-hybridized carbons (Fsp3) is 0.250. The van der Waals surface area contributed by atoms with Crippen molar-refractivity contribution < 1.29 is 31.5 Å². The second kappa shape index (κ2) is 9.18. The van der Waals surface area contributed by atoms with E-state index >= 15 is 0 Å². The van der Waals surface area contributed by atoms with E-state index in [0.717, 1.165) is 4.31 Å². The first-order valence-electron chi connectivity index (χ1n) is 9.28. The molecule has 2 unspecified atom stereocenters. The Morgan fingerprint density at radius 1 is 1.00 bits per heavy atom. The molecule has 0 saturated carbocycles. The van der Waals surface area contributed by atoms with Gasteiger partial charge in [-0.15, -0.1) is 0 Å². The maximum atomic E-state index is 13.2. The summed E-state index contributed by atoms with van der Waals surface area (Å²) in [5.41, 5.74) is 0. The number of hydrogen-bond acceptors (Lipinski definition) is 6. The minimum absolute atomic E-state index is 0.0116. The van der Waals surface area contributed by atoms with Crippen LogP contribution in [0.5, 0.6) is 5.75 Å². The molecule has 0 bridgehead atoms. The van der Waals surface area contributed by atoms with Crippen LogP contribution in [0.2, 0.25) is 0 Å². The minimum Gasteiger partial charge on any atom is -0.497 e. The molecular weight excluding hydrogens is 444 g/mol. The molecule has 1 heterocycles. The molecule has 2 aromatic carbocycles. The van der Waals surface area contributed by atoms with Crippen molar-refractivity contribution in [3.05, 3.63) is 66.7 Å². The zero-order valence-electron chi connectivity index (χ0n) is 16.6. The van der Waals surface area contributed by atoms with E-state index in [9.17, 15) is 26.7 Å². The largest absolute Gasteiger partial charge is 0.497 e. The molecule has 9 nitrogen and oxygen atoms in total. The Morgan fingerprint density at radius 2 is 1.65 bits per heavy atom. The summed E-state index contributed by atoms with van der Waals surface area (Å²) in [4.78, 5) is 12.0. The highest BCUT2D eigenvalue weighted by atomic mass is 32.2. The third kappa shape index (κ3) is 4.96. The molecule has 0 spiro atoms. The number of hydrogen-bond donors (Lipinski definition) is 2. The molecule has 0 saturated heterocycles. The Kier molecular flexibility index (Phi) is 6.80. The van der Waals surface area contributed by atoms with Crippen LogP contribution in [0.1, 0.15) is 6.42 Å². The van der Waals surface area contributed by atoms with E-state index in [1.54, 1.807) is 12.1 Å². The van der Waals surface area contributed by atoms with Crippen LogP contribution in [0.15, 0.2) is 76.5 Å². The van der Waals surface area contributed by atoms with Crippen LogP contribution in [0.3, 0.4) is 0 Å². The van der Waals surface area contributed by atoms with Crippen molar-refractivity contribution in [2.75, 3.05) is 13.7 Å². The van der Waals surface area contributed by atoms with E-state index in [0.29, 0.717) is 5.75 Å². The predicted molar refractivity (Wildman–Crippen MR) is 113 cm³/mol. The van der Waals surface area contributed by atoms with E-state index in [1.807, 2.05) is 0 Å². The van der Waals surface area contributed by atoms with Gasteiger partial charge in [0.2, 0.25) is 20.0 Å². The zero-order valence-corrected chi connectivity index (χ0v) is 18.2. The first-order chi connectivity index (χ1) is 14.7. The van der Waals surface area contributed by atoms with Crippen LogP contribution in [-0.4, -0.2) is 58.0 Å². The molecule has 1 aliphatic rings. The van der Waals surface area contributed by atoms with E-state index in [-0.39, 0.29) is 22.8 Å². The molecule has 2 atom stereocenters. The lowest BCUT2D eigenvalue weighted by Crippen LogP contribution is -2.56. The fourth-order valence-electron chi connectivity index (χ4n) is 3.27. The van der Waals surface area contributed by atoms with Crippen molar-refractivity contribution in [3.63, 3.8) is 0 Å². The van der Waals surface area contributed by atoms with E-state index in [2.05, 4.69) is 4.72 Å². The van der Waals surface area contributed by atoms with Gasteiger partial charge in [0.15, 0.2) is 0 Å². The van der Waals surface area contributed by atoms with Gasteiger partial charge in [-0.05, 0) is 42.8 Å². The summed E-state index contributed by atoms with van der Waals surface area (Å²) in [5.74, 6) is -1.01. The number of aliphatic carboxylic acids is 1. The van der Waals surface area contributed by atoms with Gasteiger partial charge in [0.1, 0.15) is 11.8 Å². The number of rotatable bonds is 7. The number of sulfonamides is 2. The smallest absolute Gasteiger partial charge is 0.323 e. The lowest BCUT2D eigenvalue weighted by atomic mass is 10.1. The fourth-order valence-corrected chi connectivity index (χ4v) is 6.11. The van der Waals surface area contributed by atoms with Crippen molar-refractivity contribution in [3.8, 4) is 5.75 Å². The number of carboxylic acid groups (broad SMARTS) is 1. The van der Waals surface area contributed by atoms with E-state index in [1.165, 1.54) is 61.7 Å². The first-order valence-corrected chi connectivity index (χ1v) is 12.2. The van der Waals surface area contributed by atoms with Gasteiger partial charge in [0, 0.05) is 6.54 Å². The lowest BCUT2D eigenvalue weighted by molar-refractivity contribution is -0.142. The summed E-state index contributed by atoms with van der Waals surface area (Å²) in [7, 11) is -6.88. The molecule has 0 aliphatic carbocycles. The van der Waals surface area contributed by atoms with Gasteiger partial charge in [-0.25, -0.2) is 21.6 Å². The Balaban J connectivity index is 1.99. The molecule has 1 aliphatic heterocycles. The second-order valence-corrected chi connectivity index (χ2v) is 10.4. The summed E-state index contributed by atoms with van der Waals surface area (Å²) in [6, 6.07) is 10.1. The average molecular weight is 467 g/mol. The second-order valence-electron chi connectivity index (χ2n) is 6.78. The Hall–Kier alpha value is -2.73. The monoisotopic (exact) mass is 466 g/mol. The highest BCUT2D eigenvalue weighted by molar-refractivity contribution is 7.89. The van der Waals surface area contributed by atoms with Crippen molar-refractivity contribution in [2.24, 2.45) is 0 Å². The average Bonchev–Trinajstić information content (AvgIpc) is 2.97. The number of ether oxygens (including phenoxy) is 1. The van der Waals surface area contributed by atoms with Crippen molar-refractivity contribution in [1.82, 2.24) is 9.03 Å². The van der Waals surface area contributed by atoms with Gasteiger partial charge in [0.05, 0.1) is 22.9 Å². The minimum atomic E-state index is -4.25. The van der Waals surface area contributed by atoms with Crippen LogP contribution in [0.25, 0.3) is 0 Å². The van der Waals surface area contributed by atoms with Gasteiger partial charge in [-0.1, -0.05) is 30.4 Å². The van der Waals surface area contributed by atoms with Gasteiger partial charge < -0.3 is 9.84 Å². The molecule has 11 heteroatoms. The number of nitrogens with zero attached hydrogens (tertiary/aromatic N) is 1. The summed E-state index contributed by atoms with van der Waals surface area (Å²) >= 11 is 0. The number of nitrogens with one attached hydrogen (secondary N) is 1. The topological polar surface area (TPSA) is 130 Å². The Labute approximate surface area is 181 Å². The van der Waals surface area contributed by atoms with Gasteiger partial charge in [0.25, 0.3) is 0 Å². The number of methoxy groups -OCH3 is 1. The third-order valence-corrected chi connectivity index (χ3v) is 8.18. The highest BCUT2D eigenvalue weighted by Gasteiger charge is 2.42. The van der Waals surface area contributed by atoms with Crippen LogP contribution < -0.4 is 9.46 Å². The van der Waals surface area contributed by atoms with Crippen molar-refractivity contribution in [1.29, 1.82) is 0 Å². The molecule has 3 rings (SSSR count). The van der Waals surface area contributed by atoms with E-state index < -0.39 is 38.1 Å². The molecule has 0 amide bonds. The summed E-state index contributed by atoms with van der Waals surface area (Å²) in [6.45, 7) is -0.213. The summed E-state index contributed by atoms with van der Waals surface area (Å²) < 4.78 is 60.2. The van der Waals surface area contributed by atoms with Gasteiger partial charge in [-0.3, -0.25) is 4.79 Å². The number of carbonyl (C=O) groups is 1. The molecule has 2 aromatic rings. The summed E-state index contributed by atoms with van der Waals surface area (Å²) in [6.07, 6.45) is 3.09. The van der Waals surface area contributed by atoms with Gasteiger partial charge >= 0.3 is 5.97 Å². The van der Waals surface area contributed by atoms with Crippen LogP contribution in [0, 0.1) is 0 Å². The normalized spacial score (nSPS) is 20.2. The molecular formula is C20H22N2O7S2.